The second-order valence-electron chi connectivity index (χ2n) is 15.1. The van der Waals surface area contributed by atoms with E-state index in [1.165, 1.54) is 82.8 Å². The van der Waals surface area contributed by atoms with Crippen molar-refractivity contribution in [2.24, 2.45) is 5.92 Å². The van der Waals surface area contributed by atoms with E-state index in [0.717, 1.165) is 6.08 Å². The Bertz CT molecular complexity index is 1910. The van der Waals surface area contributed by atoms with Crippen LogP contribution >= 0.6 is 0 Å². The number of alkyl halides is 17. The van der Waals surface area contributed by atoms with Gasteiger partial charge in [-0.3, -0.25) is 15.3 Å². The molecule has 0 aliphatic carbocycles. The third kappa shape index (κ3) is 11.5. The number of anilines is 1. The number of nitrogens with one attached hydrogen (secondary N) is 2. The molecule has 0 bridgehead atoms. The third-order valence-corrected chi connectivity index (χ3v) is 15.9. The number of halogens is 17. The van der Waals surface area contributed by atoms with E-state index in [-0.39, 0.29) is 5.75 Å². The van der Waals surface area contributed by atoms with Crippen molar-refractivity contribution >= 4 is 26.0 Å². The summed E-state index contributed by atoms with van der Waals surface area (Å²) in [6.07, 6.45) is -10.2. The molecular formula is C38H43F17N2O7Si. The lowest BCUT2D eigenvalue weighted by atomic mass is 9.88. The molecular weight excluding hydrogens is 947 g/mol. The molecule has 2 atom stereocenters. The van der Waals surface area contributed by atoms with Crippen LogP contribution in [-0.2, 0) is 14.0 Å². The van der Waals surface area contributed by atoms with Gasteiger partial charge in [-0.2, -0.15) is 74.6 Å². The van der Waals surface area contributed by atoms with Gasteiger partial charge < -0.3 is 18.6 Å². The Labute approximate surface area is 360 Å². The van der Waals surface area contributed by atoms with Crippen molar-refractivity contribution in [1.29, 1.82) is 0 Å². The predicted octanol–water partition coefficient (Wildman–Crippen LogP) is 12.2. The molecule has 0 fully saturated rings. The van der Waals surface area contributed by atoms with E-state index in [1.54, 1.807) is 19.1 Å². The molecule has 2 amide bonds. The summed E-state index contributed by atoms with van der Waals surface area (Å²) >= 11 is 0. The first-order valence-corrected chi connectivity index (χ1v) is 21.0. The normalized spacial score (nSPS) is 15.0. The van der Waals surface area contributed by atoms with Crippen LogP contribution in [0.1, 0.15) is 52.7 Å². The zero-order valence-electron chi connectivity index (χ0n) is 34.7. The molecule has 27 heteroatoms. The quantitative estimate of drug-likeness (QED) is 0.0254. The number of hydrogen-bond donors (Lipinski definition) is 3. The minimum atomic E-state index is -8.71. The average Bonchev–Trinajstić information content (AvgIpc) is 3.20. The summed E-state index contributed by atoms with van der Waals surface area (Å²) in [5.41, 5.74) is 0.229. The summed E-state index contributed by atoms with van der Waals surface area (Å²) in [6, 6.07) is 10.3. The molecule has 0 unspecified atom stereocenters. The van der Waals surface area contributed by atoms with Crippen molar-refractivity contribution in [3.8, 4) is 11.5 Å². The number of hydroxylamine groups is 1. The summed E-state index contributed by atoms with van der Waals surface area (Å²) < 4.78 is 258. The minimum absolute atomic E-state index is 0.0766. The Morgan fingerprint density at radius 1 is 0.662 bits per heavy atom. The second-order valence-corrected chi connectivity index (χ2v) is 20.1. The van der Waals surface area contributed by atoms with Crippen LogP contribution in [0.5, 0.6) is 11.5 Å². The fourth-order valence-electron chi connectivity index (χ4n) is 6.29. The zero-order valence-corrected chi connectivity index (χ0v) is 35.7. The van der Waals surface area contributed by atoms with Gasteiger partial charge in [-0.15, -0.1) is 0 Å². The molecule has 370 valence electrons. The number of hydrogen-bond acceptors (Lipinski definition) is 7. The van der Waals surface area contributed by atoms with Crippen LogP contribution in [0.4, 0.5) is 85.1 Å². The lowest BCUT2D eigenvalue weighted by Gasteiger charge is -2.44. The largest absolute Gasteiger partial charge is 0.497 e. The molecule has 0 saturated carbocycles. The van der Waals surface area contributed by atoms with E-state index in [1.807, 2.05) is 0 Å². The highest BCUT2D eigenvalue weighted by Gasteiger charge is 2.95. The van der Waals surface area contributed by atoms with Gasteiger partial charge in [0, 0.05) is 24.1 Å². The van der Waals surface area contributed by atoms with Crippen molar-refractivity contribution in [2.75, 3.05) is 25.6 Å². The molecule has 0 aromatic heterocycles. The Balaban J connectivity index is 2.29. The van der Waals surface area contributed by atoms with Gasteiger partial charge in [-0.25, -0.2) is 10.3 Å². The Kier molecular flexibility index (Phi) is 17.9. The molecule has 2 aromatic carbocycles. The number of amides is 2. The number of carbonyl (C=O) groups is 2. The fraction of sp³-hybridized carbons (Fsp3) is 0.579. The van der Waals surface area contributed by atoms with E-state index in [4.69, 9.17) is 23.8 Å². The van der Waals surface area contributed by atoms with Crippen molar-refractivity contribution in [3.63, 3.8) is 0 Å². The van der Waals surface area contributed by atoms with Gasteiger partial charge >= 0.3 is 53.7 Å². The van der Waals surface area contributed by atoms with Crippen LogP contribution in [-0.4, -0.2) is 93.5 Å². The molecule has 9 nitrogen and oxygen atoms in total. The first-order valence-electron chi connectivity index (χ1n) is 18.8. The molecule has 0 spiro atoms. The molecule has 2 rings (SSSR count). The van der Waals surface area contributed by atoms with Gasteiger partial charge in [0.1, 0.15) is 24.2 Å². The molecule has 2 aromatic rings. The number of rotatable bonds is 23. The monoisotopic (exact) mass is 990 g/mol. The summed E-state index contributed by atoms with van der Waals surface area (Å²) in [4.78, 5) is 24.4. The molecule has 3 N–H and O–H groups in total. The minimum Gasteiger partial charge on any atom is -0.497 e. The highest BCUT2D eigenvalue weighted by molar-refractivity contribution is 6.76. The van der Waals surface area contributed by atoms with E-state index in [2.05, 4.69) is 5.32 Å². The zero-order chi connectivity index (χ0) is 50.4. The van der Waals surface area contributed by atoms with Gasteiger partial charge in [0.2, 0.25) is 0 Å². The van der Waals surface area contributed by atoms with Gasteiger partial charge in [0.15, 0.2) is 8.32 Å². The van der Waals surface area contributed by atoms with Crippen molar-refractivity contribution in [1.82, 2.24) is 5.48 Å². The fourth-order valence-corrected chi connectivity index (χ4v) is 10.8. The van der Waals surface area contributed by atoms with Crippen LogP contribution in [0.15, 0.2) is 60.7 Å². The first-order chi connectivity index (χ1) is 29.5. The van der Waals surface area contributed by atoms with Crippen molar-refractivity contribution in [2.45, 2.75) is 112 Å². The lowest BCUT2D eigenvalue weighted by molar-refractivity contribution is -0.461. The average molecular weight is 991 g/mol. The van der Waals surface area contributed by atoms with Crippen LogP contribution in [0.3, 0.4) is 0 Å². The summed E-state index contributed by atoms with van der Waals surface area (Å²) in [5, 5.41) is 11.3. The van der Waals surface area contributed by atoms with Gasteiger partial charge in [0.05, 0.1) is 13.7 Å². The standard InChI is InChI=1S/C38H43F17N2O7Si/c1-21(2)65(22(3)4,20-17-31(39,40)32(41,42)33(43,44)34(45,46)35(47,48)36(49,50)37(51,52)38(53,54)55)63-19-18-62-27-12-8-24(9-13-27)29(23(5)7-16-28(58)57-60)64-30(59)56-25-10-14-26(61-6)15-11-25/h7-16,21-23,29,60H,17-20H2,1-6H3,(H,56,59)(H,57,58)/b16-7+/t23-,29+/m1/s1. The Morgan fingerprint density at radius 2 is 1.12 bits per heavy atom. The maximum absolute atomic E-state index is 15.0. The van der Waals surface area contributed by atoms with Gasteiger partial charge in [-0.1, -0.05) is 52.8 Å². The van der Waals surface area contributed by atoms with E-state index in [0.29, 0.717) is 17.0 Å². The predicted molar refractivity (Wildman–Crippen MR) is 198 cm³/mol. The number of benzene rings is 2. The Hall–Kier alpha value is -4.53. The van der Waals surface area contributed by atoms with E-state index in [9.17, 15) is 84.2 Å². The highest BCUT2D eigenvalue weighted by atomic mass is 28.4. The van der Waals surface area contributed by atoms with Crippen molar-refractivity contribution in [3.05, 3.63) is 66.2 Å². The number of ether oxygens (including phenoxy) is 3. The molecule has 0 heterocycles. The maximum Gasteiger partial charge on any atom is 0.460 e. The summed E-state index contributed by atoms with van der Waals surface area (Å²) in [7, 11) is -2.60. The van der Waals surface area contributed by atoms with Crippen LogP contribution < -0.4 is 20.3 Å². The topological polar surface area (TPSA) is 115 Å². The van der Waals surface area contributed by atoms with Crippen LogP contribution in [0.2, 0.25) is 17.1 Å². The number of carbonyl (C=O) groups excluding carboxylic acids is 2. The Morgan fingerprint density at radius 3 is 1.57 bits per heavy atom. The third-order valence-electron chi connectivity index (χ3n) is 10.2. The molecule has 0 radical (unpaired) electrons. The molecule has 0 aliphatic rings. The maximum atomic E-state index is 15.0. The first kappa shape index (κ1) is 56.6. The van der Waals surface area contributed by atoms with E-state index < -0.39 is 117 Å². The summed E-state index contributed by atoms with van der Waals surface area (Å²) in [6.45, 7) is 5.76. The molecule has 65 heavy (non-hydrogen) atoms. The molecule has 0 aliphatic heterocycles. The van der Waals surface area contributed by atoms with Crippen LogP contribution in [0, 0.1) is 5.92 Å². The smallest absolute Gasteiger partial charge is 0.460 e. The SMILES string of the molecule is COc1ccc(NC(=O)O[C@H](c2ccc(OCCO[Si](CCC(F)(F)C(F)(F)C(F)(F)C(F)(F)C(F)(F)C(F)(F)C(F)(F)C(F)(F)F)(C(C)C)C(C)C)cc2)[C@H](C)/C=C/C(=O)NO)cc1. The second kappa shape index (κ2) is 20.5. The van der Waals surface area contributed by atoms with Crippen molar-refractivity contribution < 1.29 is 108 Å². The highest BCUT2D eigenvalue weighted by Crippen LogP contribution is 2.64. The summed E-state index contributed by atoms with van der Waals surface area (Å²) in [5.74, 6) is -58.0. The van der Waals surface area contributed by atoms with Crippen LogP contribution in [0.25, 0.3) is 0 Å². The van der Waals surface area contributed by atoms with Gasteiger partial charge in [0.25, 0.3) is 5.91 Å². The molecule has 0 saturated heterocycles. The van der Waals surface area contributed by atoms with E-state index >= 15 is 0 Å². The lowest BCUT2D eigenvalue weighted by Crippen LogP contribution is -2.74. The van der Waals surface area contributed by atoms with Gasteiger partial charge in [-0.05, 0) is 59.1 Å². The number of methoxy groups -OCH3 is 1.